The Morgan fingerprint density at radius 2 is 2.00 bits per heavy atom. The molecule has 0 saturated carbocycles. The Hall–Kier alpha value is 0.610. The van der Waals surface area contributed by atoms with E-state index in [1.165, 1.54) is 38.5 Å². The van der Waals surface area contributed by atoms with Crippen LogP contribution in [-0.4, -0.2) is 51.4 Å². The molecule has 0 aromatic heterocycles. The molecular formula is C6H13NaO4S. The van der Waals surface area contributed by atoms with Crippen LogP contribution < -0.4 is 0 Å². The molecule has 0 aromatic rings. The maximum absolute atomic E-state index is 9.87. The van der Waals surface area contributed by atoms with E-state index in [4.69, 9.17) is 9.66 Å². The molecule has 0 amide bonds. The summed E-state index contributed by atoms with van der Waals surface area (Å²) in [5.74, 6) is 0. The molecule has 0 aliphatic rings. The van der Waals surface area contributed by atoms with Crippen molar-refractivity contribution in [1.82, 2.24) is 0 Å². The van der Waals surface area contributed by atoms with Crippen LogP contribution in [-0.2, 0) is 10.1 Å². The maximum atomic E-state index is 9.87. The Labute approximate surface area is 90.8 Å². The third-order valence-electron chi connectivity index (χ3n) is 0.982. The Kier molecular flexibility index (Phi) is 10.3. The molecule has 0 rings (SSSR count). The normalized spacial score (nSPS) is 12.8. The van der Waals surface area contributed by atoms with Crippen LogP contribution in [0, 0.1) is 0 Å². The van der Waals surface area contributed by atoms with Crippen molar-refractivity contribution in [2.24, 2.45) is 0 Å². The summed E-state index contributed by atoms with van der Waals surface area (Å²) in [6, 6.07) is 0. The number of aliphatic hydroxyl groups excluding tert-OH is 1. The predicted molar refractivity (Wildman–Crippen MR) is 48.6 cm³/mol. The van der Waals surface area contributed by atoms with Crippen LogP contribution in [0.1, 0.15) is 13.3 Å². The second-order valence-electron chi connectivity index (χ2n) is 2.07. The van der Waals surface area contributed by atoms with Crippen molar-refractivity contribution in [1.29, 1.82) is 0 Å². The van der Waals surface area contributed by atoms with Gasteiger partial charge in [-0.3, -0.25) is 4.55 Å². The summed E-state index contributed by atoms with van der Waals surface area (Å²) in [5.41, 5.74) is -1.62. The van der Waals surface area contributed by atoms with Gasteiger partial charge in [0.2, 0.25) is 0 Å². The molecule has 1 unspecified atom stereocenters. The molecule has 0 aromatic carbocycles. The van der Waals surface area contributed by atoms with Crippen LogP contribution >= 0.6 is 0 Å². The first kappa shape index (κ1) is 15.1. The molecule has 0 bridgehead atoms. The van der Waals surface area contributed by atoms with Crippen LogP contribution in [0.4, 0.5) is 0 Å². The summed E-state index contributed by atoms with van der Waals surface area (Å²) in [4.78, 5) is 0. The fourth-order valence-corrected chi connectivity index (χ4v) is 0.632. The summed E-state index contributed by atoms with van der Waals surface area (Å²) < 4.78 is 29.0. The molecule has 6 heteroatoms. The Morgan fingerprint density at radius 1 is 1.67 bits per heavy atom. The zero-order valence-corrected chi connectivity index (χ0v) is 10.2. The van der Waals surface area contributed by atoms with Crippen LogP contribution in [0.25, 0.3) is 0 Å². The molecule has 0 aliphatic heterocycles. The van der Waals surface area contributed by atoms with Crippen molar-refractivity contribution in [3.63, 3.8) is 0 Å². The summed E-state index contributed by atoms with van der Waals surface area (Å²) in [6.45, 7) is 4.97. The van der Waals surface area contributed by atoms with E-state index in [0.29, 0.717) is 0 Å². The minimum absolute atomic E-state index is 0.0127. The molecule has 0 radical (unpaired) electrons. The molecule has 2 N–H and O–H groups in total. The fraction of sp³-hybridized carbons (Fsp3) is 0.667. The van der Waals surface area contributed by atoms with Gasteiger partial charge in [0, 0.05) is 0 Å². The van der Waals surface area contributed by atoms with Gasteiger partial charge in [-0.2, -0.15) is 8.42 Å². The first-order chi connectivity index (χ1) is 5.40. The minimum atomic E-state index is -4.20. The van der Waals surface area contributed by atoms with Gasteiger partial charge in [-0.15, -0.1) is 0 Å². The van der Waals surface area contributed by atoms with Crippen molar-refractivity contribution in [2.45, 2.75) is 22.5 Å². The molecular weight excluding hydrogens is 191 g/mol. The van der Waals surface area contributed by atoms with E-state index in [1.807, 2.05) is 6.08 Å². The second kappa shape index (κ2) is 8.22. The molecule has 68 valence electrons. The number of aliphatic hydroxyl groups is 1. The molecule has 1 atom stereocenters. The van der Waals surface area contributed by atoms with Gasteiger partial charge in [0.05, 0.1) is 0 Å². The molecule has 0 heterocycles. The van der Waals surface area contributed by atoms with Gasteiger partial charge < -0.3 is 5.11 Å². The molecule has 0 spiro atoms. The van der Waals surface area contributed by atoms with Gasteiger partial charge in [-0.05, 0) is 6.42 Å². The zero-order chi connectivity index (χ0) is 10.2. The van der Waals surface area contributed by atoms with Crippen LogP contribution in [0.15, 0.2) is 12.7 Å². The first-order valence-electron chi connectivity index (χ1n) is 3.65. The molecule has 4 nitrogen and oxygen atoms in total. The second-order valence-corrected chi connectivity index (χ2v) is 4.47. The zero-order valence-electron chi connectivity index (χ0n) is 7.40. The van der Waals surface area contributed by atoms with Gasteiger partial charge in [-0.25, -0.2) is 0 Å². The van der Waals surface area contributed by atoms with Gasteiger partial charge in [0.1, 0.15) is 0 Å². The van der Waals surface area contributed by atoms with Crippen LogP contribution in [0.2, 0.25) is 3.67 Å². The summed E-state index contributed by atoms with van der Waals surface area (Å²) in [6.07, 6.45) is 1.95. The van der Waals surface area contributed by atoms with E-state index in [2.05, 4.69) is 6.58 Å². The smallest absolute Gasteiger partial charge is 0.291 e. The van der Waals surface area contributed by atoms with Gasteiger partial charge in [0.15, 0.2) is 5.44 Å². The molecule has 0 saturated heterocycles. The van der Waals surface area contributed by atoms with E-state index in [9.17, 15) is 8.42 Å². The van der Waals surface area contributed by atoms with Crippen molar-refractivity contribution in [3.8, 4) is 0 Å². The average Bonchev–Trinajstić information content (AvgIpc) is 2.02. The number of allylic oxidation sites excluding steroid dienone is 1. The molecule has 12 heavy (non-hydrogen) atoms. The minimum Gasteiger partial charge on any atom is -0.375 e. The van der Waals surface area contributed by atoms with E-state index in [0.717, 1.165) is 0 Å². The Bertz CT molecular complexity index is 200. The fourth-order valence-electron chi connectivity index (χ4n) is 0.211. The number of hydrogen-bond acceptors (Lipinski definition) is 3. The third kappa shape index (κ3) is 10.6. The monoisotopic (exact) mass is 204 g/mol. The largest absolute Gasteiger partial charge is 0.375 e. The van der Waals surface area contributed by atoms with Crippen LogP contribution in [0.5, 0.6) is 0 Å². The van der Waals surface area contributed by atoms with E-state index in [-0.39, 0.29) is 6.42 Å². The first-order valence-corrected chi connectivity index (χ1v) is 6.57. The van der Waals surface area contributed by atoms with E-state index in [1.54, 1.807) is 0 Å². The van der Waals surface area contributed by atoms with E-state index >= 15 is 0 Å². The summed E-state index contributed by atoms with van der Waals surface area (Å²) in [7, 11) is -4.20. The van der Waals surface area contributed by atoms with Gasteiger partial charge in [0.25, 0.3) is 10.1 Å². The number of rotatable bonds is 3. The summed E-state index contributed by atoms with van der Waals surface area (Å²) >= 11 is 1.27. The number of hydrogen-bond donors (Lipinski definition) is 2. The predicted octanol–water partition coefficient (Wildman–Crippen LogP) is 0.362. The van der Waals surface area contributed by atoms with E-state index < -0.39 is 15.6 Å². The third-order valence-corrected chi connectivity index (χ3v) is 2.58. The van der Waals surface area contributed by atoms with Gasteiger partial charge in [-0.1, -0.05) is 6.92 Å². The summed E-state index contributed by atoms with van der Waals surface area (Å²) in [5, 5.41) is 8.36. The van der Waals surface area contributed by atoms with Crippen molar-refractivity contribution >= 4 is 38.0 Å². The maximum Gasteiger partial charge on any atom is 0.291 e. The van der Waals surface area contributed by atoms with Gasteiger partial charge >= 0.3 is 44.3 Å². The quantitative estimate of drug-likeness (QED) is 0.395. The van der Waals surface area contributed by atoms with Crippen molar-refractivity contribution in [2.75, 3.05) is 0 Å². The standard InChI is InChI=1S/C3H8O4S.C3H5.Na/c1-2-3(4)8(5,6)7;1-3-2;/h3-4H,2H2,1H3,(H,5,6,7);3H,1-2H2;. The average molecular weight is 204 g/mol. The Morgan fingerprint density at radius 3 is 2.00 bits per heavy atom. The molecule has 0 aliphatic carbocycles. The SMILES string of the molecule is C=C[CH2][Na].CCC(O)S(=O)(=O)O. The van der Waals surface area contributed by atoms with Crippen molar-refractivity contribution in [3.05, 3.63) is 12.7 Å². The Balaban J connectivity index is 0. The van der Waals surface area contributed by atoms with Crippen LogP contribution in [0.3, 0.4) is 0 Å². The van der Waals surface area contributed by atoms with Crippen molar-refractivity contribution < 1.29 is 18.1 Å². The molecule has 0 fully saturated rings. The topological polar surface area (TPSA) is 74.6 Å².